The first-order chi connectivity index (χ1) is 17.8. The van der Waals surface area contributed by atoms with Crippen LogP contribution in [0.2, 0.25) is 0 Å². The molecule has 3 N–H and O–H groups in total. The molecular weight excluding hydrogens is 558 g/mol. The van der Waals surface area contributed by atoms with E-state index in [9.17, 15) is 9.59 Å². The lowest BCUT2D eigenvalue weighted by molar-refractivity contribution is -0.123. The first kappa shape index (κ1) is 27.9. The summed E-state index contributed by atoms with van der Waals surface area (Å²) < 4.78 is 17.6. The van der Waals surface area contributed by atoms with E-state index in [1.807, 2.05) is 42.5 Å². The number of rotatable bonds is 10. The highest BCUT2D eigenvalue weighted by molar-refractivity contribution is 9.10. The van der Waals surface area contributed by atoms with Crippen molar-refractivity contribution in [1.82, 2.24) is 16.2 Å². The summed E-state index contributed by atoms with van der Waals surface area (Å²) in [6.45, 7) is 4.62. The molecule has 0 radical (unpaired) electrons. The molecule has 0 fully saturated rings. The molecule has 194 valence electrons. The normalized spacial score (nSPS) is 10.4. The molecule has 3 aromatic carbocycles. The number of benzene rings is 3. The maximum absolute atomic E-state index is 12.5. The van der Waals surface area contributed by atoms with Crippen molar-refractivity contribution in [2.24, 2.45) is 0 Å². The van der Waals surface area contributed by atoms with Crippen LogP contribution in [-0.2, 0) is 4.79 Å². The van der Waals surface area contributed by atoms with Crippen LogP contribution in [0, 0.1) is 0 Å². The molecular formula is C27H28BrN3O5S. The summed E-state index contributed by atoms with van der Waals surface area (Å²) in [5.41, 5.74) is 6.38. The molecule has 0 aromatic heterocycles. The lowest BCUT2D eigenvalue weighted by atomic mass is 10.0. The molecule has 0 unspecified atom stereocenters. The SMILES string of the molecule is CC(C)c1ccc(OCC(=O)NNC(=S)NC(=O)c2cccc(OCCOc3ccccc3)c2)c(Br)c1. The van der Waals surface area contributed by atoms with Crippen molar-refractivity contribution in [2.45, 2.75) is 19.8 Å². The highest BCUT2D eigenvalue weighted by Crippen LogP contribution is 2.28. The molecule has 0 aliphatic carbocycles. The number of amides is 2. The maximum atomic E-state index is 12.5. The molecule has 0 saturated heterocycles. The molecule has 0 atom stereocenters. The van der Waals surface area contributed by atoms with E-state index in [-0.39, 0.29) is 11.7 Å². The largest absolute Gasteiger partial charge is 0.490 e. The summed E-state index contributed by atoms with van der Waals surface area (Å²) in [5, 5.41) is 2.44. The van der Waals surface area contributed by atoms with E-state index in [4.69, 9.17) is 26.4 Å². The van der Waals surface area contributed by atoms with E-state index in [0.29, 0.717) is 36.2 Å². The van der Waals surface area contributed by atoms with Gasteiger partial charge in [0.05, 0.1) is 4.47 Å². The fraction of sp³-hybridized carbons (Fsp3) is 0.222. The van der Waals surface area contributed by atoms with Gasteiger partial charge in [0, 0.05) is 5.56 Å². The van der Waals surface area contributed by atoms with Crippen LogP contribution in [0.25, 0.3) is 0 Å². The number of hydrogen-bond acceptors (Lipinski definition) is 6. The van der Waals surface area contributed by atoms with Crippen LogP contribution < -0.4 is 30.4 Å². The number of halogens is 1. The van der Waals surface area contributed by atoms with E-state index in [1.54, 1.807) is 30.3 Å². The topological polar surface area (TPSA) is 97.9 Å². The number of hydrazine groups is 1. The average Bonchev–Trinajstić information content (AvgIpc) is 2.90. The van der Waals surface area contributed by atoms with Crippen molar-refractivity contribution in [3.63, 3.8) is 0 Å². The zero-order valence-electron chi connectivity index (χ0n) is 20.5. The van der Waals surface area contributed by atoms with Crippen LogP contribution in [0.5, 0.6) is 17.2 Å². The quantitative estimate of drug-likeness (QED) is 0.179. The van der Waals surface area contributed by atoms with Gasteiger partial charge >= 0.3 is 0 Å². The number of nitrogens with one attached hydrogen (secondary N) is 3. The molecule has 3 aromatic rings. The molecule has 2 amide bonds. The van der Waals surface area contributed by atoms with Crippen molar-refractivity contribution < 1.29 is 23.8 Å². The fourth-order valence-electron chi connectivity index (χ4n) is 3.07. The molecule has 3 rings (SSSR count). The van der Waals surface area contributed by atoms with E-state index < -0.39 is 11.8 Å². The Morgan fingerprint density at radius 3 is 2.27 bits per heavy atom. The summed E-state index contributed by atoms with van der Waals surface area (Å²) in [5.74, 6) is 1.27. The number of carbonyl (C=O) groups excluding carboxylic acids is 2. The van der Waals surface area contributed by atoms with Crippen LogP contribution in [-0.4, -0.2) is 36.7 Å². The van der Waals surface area contributed by atoms with Crippen molar-refractivity contribution in [3.8, 4) is 17.2 Å². The maximum Gasteiger partial charge on any atom is 0.276 e. The molecule has 0 bridgehead atoms. The van der Waals surface area contributed by atoms with Crippen molar-refractivity contribution in [1.29, 1.82) is 0 Å². The molecule has 0 aliphatic heterocycles. The van der Waals surface area contributed by atoms with Crippen LogP contribution in [0.4, 0.5) is 0 Å². The second kappa shape index (κ2) is 14.2. The van der Waals surface area contributed by atoms with Gasteiger partial charge in [-0.15, -0.1) is 0 Å². The minimum atomic E-state index is -0.468. The van der Waals surface area contributed by atoms with Gasteiger partial charge in [-0.1, -0.05) is 44.2 Å². The third-order valence-electron chi connectivity index (χ3n) is 4.98. The molecule has 10 heteroatoms. The third-order valence-corrected chi connectivity index (χ3v) is 5.81. The number of thiocarbonyl (C=S) groups is 1. The van der Waals surface area contributed by atoms with Gasteiger partial charge in [0.25, 0.3) is 11.8 Å². The van der Waals surface area contributed by atoms with Gasteiger partial charge in [0.15, 0.2) is 11.7 Å². The van der Waals surface area contributed by atoms with Gasteiger partial charge in [-0.3, -0.25) is 25.8 Å². The number of ether oxygens (including phenoxy) is 3. The van der Waals surface area contributed by atoms with Gasteiger partial charge in [0.2, 0.25) is 0 Å². The van der Waals surface area contributed by atoms with Gasteiger partial charge in [0.1, 0.15) is 30.5 Å². The predicted octanol–water partition coefficient (Wildman–Crippen LogP) is 4.74. The Balaban J connectivity index is 1.38. The zero-order chi connectivity index (χ0) is 26.6. The predicted molar refractivity (Wildman–Crippen MR) is 149 cm³/mol. The van der Waals surface area contributed by atoms with Crippen molar-refractivity contribution >= 4 is 45.1 Å². The lowest BCUT2D eigenvalue weighted by Crippen LogP contribution is -2.49. The third kappa shape index (κ3) is 9.40. The first-order valence-electron chi connectivity index (χ1n) is 11.5. The van der Waals surface area contributed by atoms with Crippen molar-refractivity contribution in [3.05, 3.63) is 88.4 Å². The Bertz CT molecular complexity index is 1220. The second-order valence-corrected chi connectivity index (χ2v) is 9.39. The van der Waals surface area contributed by atoms with E-state index in [0.717, 1.165) is 15.8 Å². The standard InChI is InChI=1S/C27H28BrN3O5S/c1-18(2)19-11-12-24(23(28)16-19)36-17-25(32)30-31-27(37)29-26(33)20-7-6-10-22(15-20)35-14-13-34-21-8-4-3-5-9-21/h3-12,15-16,18H,13-14,17H2,1-2H3,(H,30,32)(H2,29,31,33,37). The molecule has 37 heavy (non-hydrogen) atoms. The van der Waals surface area contributed by atoms with Crippen molar-refractivity contribution in [2.75, 3.05) is 19.8 Å². The first-order valence-corrected chi connectivity index (χ1v) is 12.7. The highest BCUT2D eigenvalue weighted by Gasteiger charge is 2.11. The number of hydrogen-bond donors (Lipinski definition) is 3. The lowest BCUT2D eigenvalue weighted by Gasteiger charge is -2.13. The van der Waals surface area contributed by atoms with E-state index in [2.05, 4.69) is 45.9 Å². The van der Waals surface area contributed by atoms with Gasteiger partial charge in [-0.05, 0) is 82.1 Å². The highest BCUT2D eigenvalue weighted by atomic mass is 79.9. The van der Waals surface area contributed by atoms with Gasteiger partial charge in [-0.2, -0.15) is 0 Å². The number of para-hydroxylation sites is 1. The Labute approximate surface area is 229 Å². The Morgan fingerprint density at radius 2 is 1.57 bits per heavy atom. The zero-order valence-corrected chi connectivity index (χ0v) is 22.9. The van der Waals surface area contributed by atoms with Gasteiger partial charge < -0.3 is 14.2 Å². The Morgan fingerprint density at radius 1 is 0.865 bits per heavy atom. The molecule has 0 heterocycles. The smallest absolute Gasteiger partial charge is 0.276 e. The monoisotopic (exact) mass is 585 g/mol. The molecule has 0 aliphatic rings. The van der Waals surface area contributed by atoms with Gasteiger partial charge in [-0.25, -0.2) is 0 Å². The average molecular weight is 587 g/mol. The minimum Gasteiger partial charge on any atom is -0.490 e. The Kier molecular flexibility index (Phi) is 10.7. The summed E-state index contributed by atoms with van der Waals surface area (Å²) in [7, 11) is 0. The minimum absolute atomic E-state index is 0.0663. The molecule has 0 spiro atoms. The number of carbonyl (C=O) groups is 2. The summed E-state index contributed by atoms with van der Waals surface area (Å²) >= 11 is 8.55. The second-order valence-electron chi connectivity index (χ2n) is 8.13. The van der Waals surface area contributed by atoms with Crippen LogP contribution in [0.15, 0.2) is 77.3 Å². The Hall–Kier alpha value is -3.63. The van der Waals surface area contributed by atoms with Crippen LogP contribution in [0.1, 0.15) is 35.7 Å². The van der Waals surface area contributed by atoms with E-state index >= 15 is 0 Å². The summed E-state index contributed by atoms with van der Waals surface area (Å²) in [6.07, 6.45) is 0. The summed E-state index contributed by atoms with van der Waals surface area (Å²) in [6, 6.07) is 21.8. The van der Waals surface area contributed by atoms with Crippen LogP contribution in [0.3, 0.4) is 0 Å². The molecule has 0 saturated carbocycles. The molecule has 8 nitrogen and oxygen atoms in total. The summed E-state index contributed by atoms with van der Waals surface area (Å²) in [4.78, 5) is 24.6. The fourth-order valence-corrected chi connectivity index (χ4v) is 3.72. The van der Waals surface area contributed by atoms with E-state index in [1.165, 1.54) is 0 Å². The van der Waals surface area contributed by atoms with Crippen LogP contribution >= 0.6 is 28.1 Å².